The second-order valence-electron chi connectivity index (χ2n) is 6.50. The van der Waals surface area contributed by atoms with Gasteiger partial charge in [0.25, 0.3) is 5.91 Å². The number of hydrogen-bond donors (Lipinski definition) is 1. The molecule has 1 N–H and O–H groups in total. The minimum Gasteiger partial charge on any atom is -0.481 e. The van der Waals surface area contributed by atoms with Crippen LogP contribution in [0.4, 0.5) is 0 Å². The van der Waals surface area contributed by atoms with E-state index in [1.807, 2.05) is 43.1 Å². The predicted molar refractivity (Wildman–Crippen MR) is 96.6 cm³/mol. The van der Waals surface area contributed by atoms with Crippen LogP contribution in [-0.2, 0) is 20.1 Å². The fourth-order valence-corrected chi connectivity index (χ4v) is 3.39. The Morgan fingerprint density at radius 2 is 2.04 bits per heavy atom. The van der Waals surface area contributed by atoms with Crippen molar-refractivity contribution in [1.29, 1.82) is 0 Å². The van der Waals surface area contributed by atoms with E-state index in [-0.39, 0.29) is 5.91 Å². The molecule has 134 valence electrons. The second kappa shape index (κ2) is 7.70. The van der Waals surface area contributed by atoms with Crippen LogP contribution in [0.3, 0.4) is 0 Å². The van der Waals surface area contributed by atoms with Crippen LogP contribution in [0.25, 0.3) is 0 Å². The highest BCUT2D eigenvalue weighted by atomic mass is 16.5. The molecule has 1 aromatic carbocycles. The maximum atomic E-state index is 12.5. The fourth-order valence-electron chi connectivity index (χ4n) is 3.39. The lowest BCUT2D eigenvalue weighted by Crippen LogP contribution is -2.27. The number of likely N-dealkylation sites (tertiary alicyclic amines) is 1. The number of carbonyl (C=O) groups excluding carboxylic acids is 1. The number of aromatic nitrogens is 2. The van der Waals surface area contributed by atoms with Crippen molar-refractivity contribution in [3.63, 3.8) is 0 Å². The predicted octanol–water partition coefficient (Wildman–Crippen LogP) is 2.26. The van der Waals surface area contributed by atoms with Gasteiger partial charge in [0.2, 0.25) is 5.88 Å². The Morgan fingerprint density at radius 1 is 1.28 bits per heavy atom. The summed E-state index contributed by atoms with van der Waals surface area (Å²) in [6.07, 6.45) is 2.22. The number of nitrogens with zero attached hydrogens (tertiary/aromatic N) is 3. The van der Waals surface area contributed by atoms with Crippen LogP contribution < -0.4 is 10.1 Å². The first-order valence-electron chi connectivity index (χ1n) is 8.75. The van der Waals surface area contributed by atoms with E-state index < -0.39 is 0 Å². The third kappa shape index (κ3) is 3.85. The molecular formula is C19H26N4O2. The molecule has 0 spiro atoms. The normalized spacial score (nSPS) is 14.1. The number of nitrogens with one attached hydrogen (secondary N) is 1. The van der Waals surface area contributed by atoms with Crippen molar-refractivity contribution in [3.05, 3.63) is 46.6 Å². The van der Waals surface area contributed by atoms with Crippen molar-refractivity contribution in [1.82, 2.24) is 20.0 Å². The van der Waals surface area contributed by atoms with Gasteiger partial charge in [0, 0.05) is 38.8 Å². The number of carbonyl (C=O) groups is 1. The largest absolute Gasteiger partial charge is 0.481 e. The van der Waals surface area contributed by atoms with E-state index in [9.17, 15) is 4.79 Å². The van der Waals surface area contributed by atoms with Gasteiger partial charge < -0.3 is 15.0 Å². The van der Waals surface area contributed by atoms with Crippen LogP contribution in [-0.4, -0.2) is 40.8 Å². The Labute approximate surface area is 148 Å². The summed E-state index contributed by atoms with van der Waals surface area (Å²) in [6, 6.07) is 7.89. The summed E-state index contributed by atoms with van der Waals surface area (Å²) in [4.78, 5) is 14.4. The number of rotatable bonds is 6. The molecule has 1 amide bonds. The Morgan fingerprint density at radius 3 is 2.76 bits per heavy atom. The zero-order valence-corrected chi connectivity index (χ0v) is 15.2. The SMILES string of the molecule is COc1c(CNCc2cccc(C(=O)N3CCCC3)c2)c(C)nn1C. The molecule has 0 radical (unpaired) electrons. The lowest BCUT2D eigenvalue weighted by molar-refractivity contribution is 0.0792. The van der Waals surface area contributed by atoms with E-state index in [0.29, 0.717) is 13.1 Å². The molecule has 1 aliphatic rings. The molecule has 3 rings (SSSR count). The highest BCUT2D eigenvalue weighted by Gasteiger charge is 2.19. The smallest absolute Gasteiger partial charge is 0.253 e. The number of hydrogen-bond acceptors (Lipinski definition) is 4. The van der Waals surface area contributed by atoms with Crippen LogP contribution in [0.5, 0.6) is 5.88 Å². The van der Waals surface area contributed by atoms with Gasteiger partial charge >= 0.3 is 0 Å². The maximum Gasteiger partial charge on any atom is 0.253 e. The Hall–Kier alpha value is -2.34. The topological polar surface area (TPSA) is 59.4 Å². The minimum absolute atomic E-state index is 0.143. The van der Waals surface area contributed by atoms with Crippen LogP contribution in [0.2, 0.25) is 0 Å². The average molecular weight is 342 g/mol. The van der Waals surface area contributed by atoms with Gasteiger partial charge in [0.05, 0.1) is 18.4 Å². The standard InChI is InChI=1S/C19H26N4O2/c1-14-17(19(25-3)22(2)21-14)13-20-12-15-7-6-8-16(11-15)18(24)23-9-4-5-10-23/h6-8,11,20H,4-5,9-10,12-13H2,1-3H3. The lowest BCUT2D eigenvalue weighted by atomic mass is 10.1. The summed E-state index contributed by atoms with van der Waals surface area (Å²) in [5, 5.41) is 7.81. The molecule has 6 heteroatoms. The second-order valence-corrected chi connectivity index (χ2v) is 6.50. The molecule has 1 aromatic heterocycles. The summed E-state index contributed by atoms with van der Waals surface area (Å²) < 4.78 is 7.17. The van der Waals surface area contributed by atoms with Crippen LogP contribution >= 0.6 is 0 Å². The third-order valence-corrected chi connectivity index (χ3v) is 4.68. The summed E-state index contributed by atoms with van der Waals surface area (Å²) in [5.41, 5.74) is 3.90. The molecule has 0 bridgehead atoms. The number of amides is 1. The van der Waals surface area contributed by atoms with Gasteiger partial charge in [0.15, 0.2) is 0 Å². The lowest BCUT2D eigenvalue weighted by Gasteiger charge is -2.15. The van der Waals surface area contributed by atoms with Gasteiger partial charge in [-0.25, -0.2) is 4.68 Å². The van der Waals surface area contributed by atoms with Gasteiger partial charge in [-0.15, -0.1) is 0 Å². The number of aryl methyl sites for hydroxylation is 2. The van der Waals surface area contributed by atoms with Crippen LogP contribution in [0.15, 0.2) is 24.3 Å². The van der Waals surface area contributed by atoms with Gasteiger partial charge in [-0.3, -0.25) is 4.79 Å². The van der Waals surface area contributed by atoms with Crippen molar-refractivity contribution < 1.29 is 9.53 Å². The quantitative estimate of drug-likeness (QED) is 0.875. The van der Waals surface area contributed by atoms with Gasteiger partial charge in [0.1, 0.15) is 0 Å². The molecule has 6 nitrogen and oxygen atoms in total. The first-order valence-corrected chi connectivity index (χ1v) is 8.75. The van der Waals surface area contributed by atoms with Crippen molar-refractivity contribution in [2.75, 3.05) is 20.2 Å². The average Bonchev–Trinajstić information content (AvgIpc) is 3.23. The maximum absolute atomic E-state index is 12.5. The highest BCUT2D eigenvalue weighted by molar-refractivity contribution is 5.94. The third-order valence-electron chi connectivity index (χ3n) is 4.68. The van der Waals surface area contributed by atoms with Crippen molar-refractivity contribution >= 4 is 5.91 Å². The first kappa shape index (κ1) is 17.5. The molecule has 1 saturated heterocycles. The molecule has 0 unspecified atom stereocenters. The molecule has 2 heterocycles. The summed E-state index contributed by atoms with van der Waals surface area (Å²) in [5.74, 6) is 0.923. The molecule has 25 heavy (non-hydrogen) atoms. The molecule has 2 aromatic rings. The van der Waals surface area contributed by atoms with Crippen molar-refractivity contribution in [3.8, 4) is 5.88 Å². The van der Waals surface area contributed by atoms with Crippen molar-refractivity contribution in [2.45, 2.75) is 32.9 Å². The van der Waals surface area contributed by atoms with Gasteiger partial charge in [-0.1, -0.05) is 12.1 Å². The highest BCUT2D eigenvalue weighted by Crippen LogP contribution is 2.20. The van der Waals surface area contributed by atoms with E-state index in [2.05, 4.69) is 10.4 Å². The van der Waals surface area contributed by atoms with Gasteiger partial charge in [-0.05, 0) is 37.5 Å². The zero-order valence-electron chi connectivity index (χ0n) is 15.2. The number of ether oxygens (including phenoxy) is 1. The van der Waals surface area contributed by atoms with Gasteiger partial charge in [-0.2, -0.15) is 5.10 Å². The van der Waals surface area contributed by atoms with Crippen molar-refractivity contribution in [2.24, 2.45) is 7.05 Å². The number of benzene rings is 1. The fraction of sp³-hybridized carbons (Fsp3) is 0.474. The summed E-state index contributed by atoms with van der Waals surface area (Å²) in [6.45, 7) is 5.10. The number of methoxy groups -OCH3 is 1. The summed E-state index contributed by atoms with van der Waals surface area (Å²) >= 11 is 0. The molecule has 0 saturated carbocycles. The molecule has 1 fully saturated rings. The minimum atomic E-state index is 0.143. The molecular weight excluding hydrogens is 316 g/mol. The van der Waals surface area contributed by atoms with E-state index >= 15 is 0 Å². The molecule has 0 atom stereocenters. The molecule has 0 aliphatic carbocycles. The Bertz CT molecular complexity index is 748. The zero-order chi connectivity index (χ0) is 17.8. The Kier molecular flexibility index (Phi) is 5.38. The summed E-state index contributed by atoms with van der Waals surface area (Å²) in [7, 11) is 3.54. The van der Waals surface area contributed by atoms with E-state index in [1.165, 1.54) is 0 Å². The first-order chi connectivity index (χ1) is 12.1. The van der Waals surface area contributed by atoms with Crippen LogP contribution in [0, 0.1) is 6.92 Å². The Balaban J connectivity index is 1.62. The molecule has 1 aliphatic heterocycles. The monoisotopic (exact) mass is 342 g/mol. The van der Waals surface area contributed by atoms with Crippen LogP contribution in [0.1, 0.15) is 40.0 Å². The van der Waals surface area contributed by atoms with E-state index in [1.54, 1.807) is 11.8 Å². The van der Waals surface area contributed by atoms with E-state index in [0.717, 1.165) is 54.2 Å². The van der Waals surface area contributed by atoms with E-state index in [4.69, 9.17) is 4.74 Å².